The van der Waals surface area contributed by atoms with Crippen molar-refractivity contribution < 1.29 is 70.2 Å². The zero-order valence-corrected chi connectivity index (χ0v) is 31.2. The molecule has 25 heteroatoms. The molecule has 1 aromatic heterocycles. The van der Waals surface area contributed by atoms with Crippen LogP contribution in [-0.4, -0.2) is 91.5 Å². The van der Waals surface area contributed by atoms with E-state index in [1.54, 1.807) is 20.8 Å². The molecule has 4 unspecified atom stereocenters. The molecule has 22 nitrogen and oxygen atoms in total. The Labute approximate surface area is 294 Å². The second kappa shape index (κ2) is 20.2. The van der Waals surface area contributed by atoms with Gasteiger partial charge < -0.3 is 51.4 Å². The fraction of sp³-hybridized carbons (Fsp3) is 0.769. The van der Waals surface area contributed by atoms with Crippen LogP contribution in [0.5, 0.6) is 0 Å². The van der Waals surface area contributed by atoms with Gasteiger partial charge >= 0.3 is 35.3 Å². The molecule has 2 heterocycles. The van der Waals surface area contributed by atoms with Gasteiger partial charge in [-0.05, 0) is 58.9 Å². The number of aliphatic hydroxyl groups is 1. The zero-order valence-electron chi connectivity index (χ0n) is 28.5. The minimum atomic E-state index is -5.71. The van der Waals surface area contributed by atoms with Gasteiger partial charge in [0.05, 0.1) is 25.4 Å². The number of carbonyl (C=O) groups excluding carboxylic acids is 2. The van der Waals surface area contributed by atoms with E-state index in [4.69, 9.17) is 20.9 Å². The van der Waals surface area contributed by atoms with Gasteiger partial charge in [0, 0.05) is 25.7 Å². The number of aromatic nitrogens is 2. The van der Waals surface area contributed by atoms with Crippen LogP contribution >= 0.6 is 23.5 Å². The maximum absolute atomic E-state index is 12.2. The Morgan fingerprint density at radius 1 is 1.00 bits per heavy atom. The number of hydrogen-bond donors (Lipinski definition) is 8. The van der Waals surface area contributed by atoms with Crippen LogP contribution in [-0.2, 0) is 45.6 Å². The van der Waals surface area contributed by atoms with Gasteiger partial charge in [-0.15, -0.1) is 0 Å². The summed E-state index contributed by atoms with van der Waals surface area (Å²) in [5, 5.41) is 15.5. The van der Waals surface area contributed by atoms with Gasteiger partial charge in [0.15, 0.2) is 0 Å². The van der Waals surface area contributed by atoms with E-state index < -0.39 is 78.5 Å². The highest BCUT2D eigenvalue weighted by Gasteiger charge is 2.44. The van der Waals surface area contributed by atoms with Gasteiger partial charge in [-0.3, -0.25) is 18.4 Å². The molecule has 7 atom stereocenters. The summed E-state index contributed by atoms with van der Waals surface area (Å²) in [4.78, 5) is 68.7. The number of nitrogens with one attached hydrogen (secondary N) is 2. The van der Waals surface area contributed by atoms with Crippen LogP contribution in [0.1, 0.15) is 78.4 Å². The first kappa shape index (κ1) is 44.9. The molecular weight excluding hydrogens is 745 g/mol. The summed E-state index contributed by atoms with van der Waals surface area (Å²) in [5.41, 5.74) is 9.97. The standard InChI is InChI=1S/C26H49N6O16P3/c1-26(2,3)46-25(36)30-13-8-6-10-18(27)23(34)29-12-7-4-5-9-15-43-49(37,38)47-51(41,42)48-50(39,40)44-17-20-19(33)16-22(45-20)32-14-11-21(28)31-24(32)35/h11,14,18-20,22,33H,4-10,12-13,15-17,27H2,1-3H3,(H,29,34)(H,30,36)(H,37,38)(H,39,40)(H,41,42)(H2,28,31,35)/t18?,19-,20-,22-/m1/s1. The third kappa shape index (κ3) is 18.3. The average Bonchev–Trinajstić information content (AvgIpc) is 3.34. The van der Waals surface area contributed by atoms with Crippen molar-refractivity contribution in [1.82, 2.24) is 20.2 Å². The second-order valence-electron chi connectivity index (χ2n) is 12.4. The number of phosphoric acid groups is 3. The Balaban J connectivity index is 1.59. The Bertz CT molecular complexity index is 1490. The minimum absolute atomic E-state index is 0.0460. The maximum Gasteiger partial charge on any atom is 0.490 e. The minimum Gasteiger partial charge on any atom is -0.444 e. The Kier molecular flexibility index (Phi) is 17.8. The lowest BCUT2D eigenvalue weighted by Crippen LogP contribution is -2.41. The van der Waals surface area contributed by atoms with Crippen LogP contribution in [0.2, 0.25) is 0 Å². The van der Waals surface area contributed by atoms with Crippen LogP contribution in [0.3, 0.4) is 0 Å². The molecule has 0 saturated carbocycles. The number of phosphoric ester groups is 2. The molecule has 0 bridgehead atoms. The summed E-state index contributed by atoms with van der Waals surface area (Å²) < 4.78 is 65.4. The molecule has 0 spiro atoms. The zero-order chi connectivity index (χ0) is 38.5. The molecule has 2 rings (SSSR count). The van der Waals surface area contributed by atoms with E-state index in [0.717, 1.165) is 4.57 Å². The smallest absolute Gasteiger partial charge is 0.444 e. The Morgan fingerprint density at radius 2 is 1.61 bits per heavy atom. The van der Waals surface area contributed by atoms with E-state index in [1.807, 2.05) is 0 Å². The van der Waals surface area contributed by atoms with Gasteiger partial charge in [0.25, 0.3) is 0 Å². The van der Waals surface area contributed by atoms with E-state index in [1.165, 1.54) is 12.3 Å². The van der Waals surface area contributed by atoms with Gasteiger partial charge in [-0.1, -0.05) is 12.8 Å². The van der Waals surface area contributed by atoms with Gasteiger partial charge in [-0.2, -0.15) is 13.6 Å². The molecule has 1 fully saturated rings. The van der Waals surface area contributed by atoms with Crippen molar-refractivity contribution in [1.29, 1.82) is 0 Å². The number of nitrogens with two attached hydrogens (primary N) is 2. The van der Waals surface area contributed by atoms with E-state index in [-0.39, 0.29) is 24.6 Å². The number of nitrogen functional groups attached to an aromatic ring is 1. The highest BCUT2D eigenvalue weighted by Crippen LogP contribution is 2.67. The van der Waals surface area contributed by atoms with E-state index >= 15 is 0 Å². The number of nitrogens with zero attached hydrogens (tertiary/aromatic N) is 2. The van der Waals surface area contributed by atoms with Crippen molar-refractivity contribution >= 4 is 41.3 Å². The lowest BCUT2D eigenvalue weighted by molar-refractivity contribution is -0.122. The lowest BCUT2D eigenvalue weighted by Gasteiger charge is -2.20. The summed E-state index contributed by atoms with van der Waals surface area (Å²) in [5.74, 6) is -0.371. The quantitative estimate of drug-likeness (QED) is 0.0609. The van der Waals surface area contributed by atoms with Crippen molar-refractivity contribution in [3.8, 4) is 0 Å². The summed E-state index contributed by atoms with van der Waals surface area (Å²) in [6.45, 7) is 4.74. The average molecular weight is 795 g/mol. The molecule has 1 aromatic rings. The Morgan fingerprint density at radius 3 is 2.25 bits per heavy atom. The second-order valence-corrected chi connectivity index (χ2v) is 17.0. The number of anilines is 1. The van der Waals surface area contributed by atoms with Gasteiger partial charge in [0.2, 0.25) is 5.91 Å². The molecular formula is C26H49N6O16P3. The van der Waals surface area contributed by atoms with E-state index in [9.17, 15) is 47.9 Å². The first-order chi connectivity index (χ1) is 23.6. The largest absolute Gasteiger partial charge is 0.490 e. The predicted octanol–water partition coefficient (Wildman–Crippen LogP) is 1.54. The van der Waals surface area contributed by atoms with Crippen molar-refractivity contribution in [2.75, 3.05) is 32.0 Å². The molecule has 1 saturated heterocycles. The highest BCUT2D eigenvalue weighted by atomic mass is 31.3. The number of aliphatic hydroxyl groups excluding tert-OH is 1. The maximum atomic E-state index is 12.2. The SMILES string of the molecule is CC(C)(C)OC(=O)NCCCCC(N)C(=O)NCCCCCCOP(=O)(O)OP(=O)(O)OP(=O)(O)OC[C@H]1O[C@@H](n2ccc(N)nc2=O)C[C@H]1O. The molecule has 294 valence electrons. The van der Waals surface area contributed by atoms with E-state index in [0.29, 0.717) is 51.6 Å². The Hall–Kier alpha value is -2.29. The fourth-order valence-electron chi connectivity index (χ4n) is 4.40. The van der Waals surface area contributed by atoms with Crippen molar-refractivity contribution in [3.05, 3.63) is 22.7 Å². The van der Waals surface area contributed by atoms with Crippen LogP contribution < -0.4 is 27.8 Å². The molecule has 2 amide bonds. The summed E-state index contributed by atoms with van der Waals surface area (Å²) in [7, 11) is -16.4. The number of hydrogen-bond acceptors (Lipinski definition) is 16. The van der Waals surface area contributed by atoms with Gasteiger partial charge in [0.1, 0.15) is 23.8 Å². The third-order valence-corrected chi connectivity index (χ3v) is 11.0. The predicted molar refractivity (Wildman–Crippen MR) is 179 cm³/mol. The molecule has 0 radical (unpaired) electrons. The van der Waals surface area contributed by atoms with Crippen molar-refractivity contribution in [2.24, 2.45) is 5.73 Å². The number of rotatable bonds is 22. The normalized spacial score (nSPS) is 21.9. The first-order valence-corrected chi connectivity index (χ1v) is 20.5. The fourth-order valence-corrected chi connectivity index (χ4v) is 7.95. The van der Waals surface area contributed by atoms with E-state index in [2.05, 4.69) is 33.3 Å². The van der Waals surface area contributed by atoms with Crippen LogP contribution in [0, 0.1) is 0 Å². The molecule has 0 aromatic carbocycles. The number of ether oxygens (including phenoxy) is 2. The number of amides is 2. The van der Waals surface area contributed by atoms with Gasteiger partial charge in [-0.25, -0.2) is 23.3 Å². The molecule has 1 aliphatic heterocycles. The summed E-state index contributed by atoms with van der Waals surface area (Å²) in [6, 6.07) is 0.592. The highest BCUT2D eigenvalue weighted by molar-refractivity contribution is 7.66. The number of carbonyl (C=O) groups is 2. The summed E-state index contributed by atoms with van der Waals surface area (Å²) in [6.07, 6.45) is 0.444. The number of alkyl carbamates (subject to hydrolysis) is 1. The lowest BCUT2D eigenvalue weighted by atomic mass is 10.1. The number of unbranched alkanes of at least 4 members (excludes halogenated alkanes) is 4. The van der Waals surface area contributed by atoms with Crippen molar-refractivity contribution in [3.63, 3.8) is 0 Å². The molecule has 51 heavy (non-hydrogen) atoms. The van der Waals surface area contributed by atoms with Crippen LogP contribution in [0.4, 0.5) is 10.6 Å². The van der Waals surface area contributed by atoms with Crippen molar-refractivity contribution in [2.45, 2.75) is 102 Å². The monoisotopic (exact) mass is 794 g/mol. The third-order valence-electron chi connectivity index (χ3n) is 6.75. The van der Waals surface area contributed by atoms with Crippen LogP contribution in [0.25, 0.3) is 0 Å². The summed E-state index contributed by atoms with van der Waals surface area (Å²) >= 11 is 0. The van der Waals surface area contributed by atoms with Crippen LogP contribution in [0.15, 0.2) is 17.1 Å². The molecule has 1 aliphatic rings. The molecule has 10 N–H and O–H groups in total. The topological polar surface area (TPSA) is 333 Å². The molecule has 0 aliphatic carbocycles. The first-order valence-electron chi connectivity index (χ1n) is 16.0.